The minimum Gasteiger partial charge on any atom is -0.480 e. The molecule has 0 bridgehead atoms. The summed E-state index contributed by atoms with van der Waals surface area (Å²) in [5, 5.41) is 17.7. The van der Waals surface area contributed by atoms with Gasteiger partial charge in [0.25, 0.3) is 0 Å². The minimum atomic E-state index is -1.35. The highest BCUT2D eigenvalue weighted by molar-refractivity contribution is 6.02. The molecule has 0 saturated carbocycles. The first-order chi connectivity index (χ1) is 24.8. The largest absolute Gasteiger partial charge is 0.480 e. The first-order valence-electron chi connectivity index (χ1n) is 19.1. The van der Waals surface area contributed by atoms with Crippen LogP contribution in [0.4, 0.5) is 0 Å². The summed E-state index contributed by atoms with van der Waals surface area (Å²) in [6.07, 6.45) is 19.0. The van der Waals surface area contributed by atoms with Gasteiger partial charge in [-0.05, 0) is 19.3 Å². The van der Waals surface area contributed by atoms with Gasteiger partial charge in [-0.15, -0.1) is 0 Å². The Hall–Kier alpha value is -2.94. The molecule has 3 amide bonds. The number of ketones is 1. The van der Waals surface area contributed by atoms with E-state index in [4.69, 9.17) is 18.9 Å². The van der Waals surface area contributed by atoms with Crippen molar-refractivity contribution in [2.75, 3.05) is 65.9 Å². The number of carboxylic acid groups (broad SMARTS) is 1. The van der Waals surface area contributed by atoms with Crippen LogP contribution in [0.15, 0.2) is 0 Å². The molecule has 0 aliphatic carbocycles. The van der Waals surface area contributed by atoms with Crippen LogP contribution >= 0.6 is 0 Å². The van der Waals surface area contributed by atoms with Gasteiger partial charge in [0, 0.05) is 25.9 Å². The highest BCUT2D eigenvalue weighted by Crippen LogP contribution is 2.18. The van der Waals surface area contributed by atoms with Crippen molar-refractivity contribution in [1.29, 1.82) is 0 Å². The van der Waals surface area contributed by atoms with Crippen molar-refractivity contribution < 1.29 is 52.8 Å². The van der Waals surface area contributed by atoms with Gasteiger partial charge in [0.1, 0.15) is 25.0 Å². The molecule has 4 N–H and O–H groups in total. The molecule has 0 aromatic rings. The molecule has 51 heavy (non-hydrogen) atoms. The van der Waals surface area contributed by atoms with Gasteiger partial charge in [-0.25, -0.2) is 4.79 Å². The Morgan fingerprint density at radius 1 is 0.647 bits per heavy atom. The van der Waals surface area contributed by atoms with Crippen LogP contribution in [0, 0.1) is 5.92 Å². The fourth-order valence-electron chi connectivity index (χ4n) is 5.74. The van der Waals surface area contributed by atoms with E-state index in [9.17, 15) is 33.9 Å². The monoisotopic (exact) mass is 726 g/mol. The molecular formula is C37H64N3O11. The van der Waals surface area contributed by atoms with Crippen LogP contribution < -0.4 is 16.0 Å². The quantitative estimate of drug-likeness (QED) is 0.119. The van der Waals surface area contributed by atoms with Gasteiger partial charge in [0.2, 0.25) is 24.0 Å². The summed E-state index contributed by atoms with van der Waals surface area (Å²) in [6, 6.07) is -1.35. The standard InChI is InChI=1S/C37H64N3O11/c41-21-24-50-26-25-48-22-19-38-35(44)30-51-28-27-49-23-20-39-36(45)31-29-32(37(46)47)40-34(43)18-16-14-12-10-8-6-4-2-1-3-5-7-9-11-13-15-17-33(31)42/h31-32H,1-20,22-30H2,(H,38,44)(H,39,45)(H,40,43)(H,46,47)/t31?,32-/m0/s1. The van der Waals surface area contributed by atoms with Crippen LogP contribution in [0.3, 0.4) is 0 Å². The third kappa shape index (κ3) is 27.4. The first-order valence-corrected chi connectivity index (χ1v) is 19.1. The normalized spacial score (nSPS) is 20.0. The van der Waals surface area contributed by atoms with Crippen LogP contribution in [0.25, 0.3) is 0 Å². The molecule has 1 fully saturated rings. The van der Waals surface area contributed by atoms with Crippen molar-refractivity contribution in [3.8, 4) is 0 Å². The Morgan fingerprint density at radius 3 is 1.65 bits per heavy atom. The molecule has 2 atom stereocenters. The number of carboxylic acids is 1. The van der Waals surface area contributed by atoms with Crippen molar-refractivity contribution in [2.24, 2.45) is 5.92 Å². The fourth-order valence-corrected chi connectivity index (χ4v) is 5.74. The number of carbonyl (C=O) groups is 5. The first kappa shape index (κ1) is 46.1. The van der Waals surface area contributed by atoms with Crippen molar-refractivity contribution in [1.82, 2.24) is 16.0 Å². The number of nitrogens with one attached hydrogen (secondary N) is 3. The predicted molar refractivity (Wildman–Crippen MR) is 191 cm³/mol. The number of hydrogen-bond donors (Lipinski definition) is 4. The smallest absolute Gasteiger partial charge is 0.326 e. The number of hydrogen-bond acceptors (Lipinski definition) is 10. The van der Waals surface area contributed by atoms with Crippen LogP contribution in [-0.2, 0) is 47.7 Å². The van der Waals surface area contributed by atoms with Crippen LogP contribution in [0.2, 0.25) is 0 Å². The SMILES string of the molecule is O=[C]COCCOCCNC(=O)COCCOCCNC(=O)C1C[C@@H](C(=O)O)NC(=O)CCCCCCCCCCCCCCCCCCC1=O. The zero-order valence-electron chi connectivity index (χ0n) is 30.7. The number of Topliss-reactive ketones (excluding diaryl/α,β-unsaturated/α-hetero) is 1. The Kier molecular flexibility index (Phi) is 29.8. The van der Waals surface area contributed by atoms with Gasteiger partial charge in [-0.3, -0.25) is 24.0 Å². The third-order valence-corrected chi connectivity index (χ3v) is 8.64. The van der Waals surface area contributed by atoms with Gasteiger partial charge in [0.05, 0.1) is 45.6 Å². The fraction of sp³-hybridized carbons (Fsp3) is 0.838. The van der Waals surface area contributed by atoms with Gasteiger partial charge in [-0.1, -0.05) is 89.9 Å². The van der Waals surface area contributed by atoms with Gasteiger partial charge >= 0.3 is 5.97 Å². The van der Waals surface area contributed by atoms with E-state index in [2.05, 4.69) is 16.0 Å². The molecule has 1 aliphatic heterocycles. The summed E-state index contributed by atoms with van der Waals surface area (Å²) in [5.41, 5.74) is 0. The molecule has 293 valence electrons. The molecule has 1 rings (SSSR count). The van der Waals surface area contributed by atoms with Crippen molar-refractivity contribution in [3.05, 3.63) is 0 Å². The summed E-state index contributed by atoms with van der Waals surface area (Å²) in [7, 11) is 0. The van der Waals surface area contributed by atoms with Gasteiger partial charge < -0.3 is 40.0 Å². The number of ether oxygens (including phenoxy) is 4. The lowest BCUT2D eigenvalue weighted by Gasteiger charge is -2.21. The second kappa shape index (κ2) is 32.9. The summed E-state index contributed by atoms with van der Waals surface area (Å²) >= 11 is 0. The maximum atomic E-state index is 13.3. The van der Waals surface area contributed by atoms with Crippen LogP contribution in [0.1, 0.15) is 122 Å². The molecule has 1 radical (unpaired) electrons. The van der Waals surface area contributed by atoms with Gasteiger partial charge in [0.15, 0.2) is 0 Å². The number of amides is 3. The van der Waals surface area contributed by atoms with E-state index >= 15 is 0 Å². The molecule has 1 unspecified atom stereocenters. The summed E-state index contributed by atoms with van der Waals surface area (Å²) in [6.45, 7) is 1.39. The van der Waals surface area contributed by atoms with E-state index in [0.29, 0.717) is 26.0 Å². The molecule has 1 saturated heterocycles. The van der Waals surface area contributed by atoms with Crippen LogP contribution in [0.5, 0.6) is 0 Å². The lowest BCUT2D eigenvalue weighted by molar-refractivity contribution is -0.143. The molecule has 1 aliphatic rings. The van der Waals surface area contributed by atoms with Crippen LogP contribution in [-0.4, -0.2) is 113 Å². The Balaban J connectivity index is 2.49. The van der Waals surface area contributed by atoms with E-state index in [0.717, 1.165) is 38.5 Å². The summed E-state index contributed by atoms with van der Waals surface area (Å²) < 4.78 is 20.9. The number of rotatable bonds is 18. The van der Waals surface area contributed by atoms with E-state index in [1.54, 1.807) is 6.29 Å². The lowest BCUT2D eigenvalue weighted by atomic mass is 9.91. The molecule has 0 aromatic heterocycles. The Labute approximate surface area is 304 Å². The third-order valence-electron chi connectivity index (χ3n) is 8.64. The average molecular weight is 727 g/mol. The minimum absolute atomic E-state index is 0.0889. The van der Waals surface area contributed by atoms with Crippen molar-refractivity contribution >= 4 is 35.8 Å². The zero-order chi connectivity index (χ0) is 37.2. The summed E-state index contributed by atoms with van der Waals surface area (Å²) in [5.74, 6) is -4.12. The molecule has 1 heterocycles. The van der Waals surface area contributed by atoms with Crippen molar-refractivity contribution in [3.63, 3.8) is 0 Å². The molecule has 14 heteroatoms. The highest BCUT2D eigenvalue weighted by Gasteiger charge is 2.32. The Bertz CT molecular complexity index is 966. The average Bonchev–Trinajstić information content (AvgIpc) is 3.10. The number of carbonyl (C=O) groups excluding carboxylic acids is 5. The van der Waals surface area contributed by atoms with E-state index in [1.165, 1.54) is 51.4 Å². The van der Waals surface area contributed by atoms with E-state index < -0.39 is 29.7 Å². The maximum Gasteiger partial charge on any atom is 0.326 e. The molecule has 14 nitrogen and oxygen atoms in total. The lowest BCUT2D eigenvalue weighted by Crippen LogP contribution is -2.46. The predicted octanol–water partition coefficient (Wildman–Crippen LogP) is 3.58. The molecule has 0 aromatic carbocycles. The molecular weight excluding hydrogens is 662 g/mol. The summed E-state index contributed by atoms with van der Waals surface area (Å²) in [4.78, 5) is 73.0. The van der Waals surface area contributed by atoms with Gasteiger partial charge in [-0.2, -0.15) is 0 Å². The second-order valence-electron chi connectivity index (χ2n) is 13.0. The zero-order valence-corrected chi connectivity index (χ0v) is 30.7. The Morgan fingerprint density at radius 2 is 1.12 bits per heavy atom. The van der Waals surface area contributed by atoms with Crippen molar-refractivity contribution in [2.45, 2.75) is 128 Å². The van der Waals surface area contributed by atoms with E-state index in [-0.39, 0.29) is 83.7 Å². The topological polar surface area (TPSA) is 196 Å². The second-order valence-corrected chi connectivity index (χ2v) is 13.0. The maximum absolute atomic E-state index is 13.3. The van der Waals surface area contributed by atoms with E-state index in [1.807, 2.05) is 0 Å². The highest BCUT2D eigenvalue weighted by atomic mass is 16.5. The molecule has 0 spiro atoms. The number of aliphatic carboxylic acids is 1.